The van der Waals surface area contributed by atoms with Crippen molar-refractivity contribution >= 4 is 10.0 Å². The molecule has 0 aromatic carbocycles. The second kappa shape index (κ2) is 6.68. The van der Waals surface area contributed by atoms with Gasteiger partial charge in [-0.05, 0) is 12.8 Å². The number of sulfonamides is 1. The lowest BCUT2D eigenvalue weighted by atomic mass is 10.2. The first-order chi connectivity index (χ1) is 8.50. The van der Waals surface area contributed by atoms with Crippen LogP contribution in [-0.2, 0) is 14.9 Å². The largest absolute Gasteiger partial charge is 0.569 e. The first-order valence-corrected chi connectivity index (χ1v) is 6.96. The van der Waals surface area contributed by atoms with Crippen molar-refractivity contribution in [1.29, 1.82) is 0 Å². The summed E-state index contributed by atoms with van der Waals surface area (Å²) in [6.45, 7) is -0.0680. The molecule has 1 aliphatic rings. The van der Waals surface area contributed by atoms with E-state index in [1.54, 1.807) is 0 Å². The maximum Gasteiger partial charge on any atom is 0.236 e. The van der Waals surface area contributed by atoms with Crippen LogP contribution in [0.3, 0.4) is 0 Å². The molecule has 0 aromatic heterocycles. The lowest BCUT2D eigenvalue weighted by Gasteiger charge is -2.17. The Hall–Kier alpha value is -1.17. The summed E-state index contributed by atoms with van der Waals surface area (Å²) in [6, 6.07) is -0.294. The van der Waals surface area contributed by atoms with E-state index in [0.717, 1.165) is 11.3 Å². The number of hydrazine groups is 1. The van der Waals surface area contributed by atoms with Crippen molar-refractivity contribution < 1.29 is 28.5 Å². The minimum atomic E-state index is -3.81. The molecular formula is C7H16N4O6S. The number of aliphatic hydroxyl groups is 1. The lowest BCUT2D eigenvalue weighted by Crippen LogP contribution is -2.37. The second-order valence-corrected chi connectivity index (χ2v) is 5.54. The second-order valence-electron chi connectivity index (χ2n) is 3.72. The summed E-state index contributed by atoms with van der Waals surface area (Å²) in [6.07, 6.45) is 1.45. The minimum absolute atomic E-state index is 0.156. The molecule has 10 nitrogen and oxygen atoms in total. The zero-order valence-electron chi connectivity index (χ0n) is 9.60. The van der Waals surface area contributed by atoms with Gasteiger partial charge in [0.2, 0.25) is 15.3 Å². The molecule has 0 amide bonds. The topological polar surface area (TPSA) is 138 Å². The molecule has 0 saturated carbocycles. The third-order valence-corrected chi connectivity index (χ3v) is 3.47. The molecule has 0 bridgehead atoms. The quantitative estimate of drug-likeness (QED) is 0.225. The number of nitrogens with zero attached hydrogens (tertiary/aromatic N) is 3. The van der Waals surface area contributed by atoms with Gasteiger partial charge in [-0.3, -0.25) is 0 Å². The maximum absolute atomic E-state index is 11.4. The van der Waals surface area contributed by atoms with E-state index in [1.807, 2.05) is 0 Å². The molecule has 1 rings (SSSR count). The highest BCUT2D eigenvalue weighted by Crippen LogP contribution is 2.16. The molecule has 3 N–H and O–H groups in total. The molecule has 0 spiro atoms. The minimum Gasteiger partial charge on any atom is -0.569 e. The van der Waals surface area contributed by atoms with E-state index in [9.17, 15) is 13.6 Å². The van der Waals surface area contributed by atoms with Crippen molar-refractivity contribution in [2.45, 2.75) is 18.9 Å². The van der Waals surface area contributed by atoms with Crippen LogP contribution in [0.25, 0.3) is 0 Å². The molecule has 1 fully saturated rings. The summed E-state index contributed by atoms with van der Waals surface area (Å²) < 4.78 is 21.6. The molecule has 0 aromatic rings. The third kappa shape index (κ3) is 4.25. The van der Waals surface area contributed by atoms with Crippen molar-refractivity contribution in [3.63, 3.8) is 0 Å². The van der Waals surface area contributed by atoms with Crippen LogP contribution < -0.4 is 4.89 Å². The van der Waals surface area contributed by atoms with Gasteiger partial charge in [-0.15, -0.1) is 5.01 Å². The van der Waals surface area contributed by atoms with Crippen LogP contribution in [-0.4, -0.2) is 60.3 Å². The monoisotopic (exact) mass is 284 g/mol. The van der Waals surface area contributed by atoms with Gasteiger partial charge in [-0.25, -0.2) is 8.42 Å². The Morgan fingerprint density at radius 1 is 1.61 bits per heavy atom. The zero-order valence-corrected chi connectivity index (χ0v) is 10.4. The van der Waals surface area contributed by atoms with Crippen LogP contribution in [0, 0.1) is 5.21 Å². The fraction of sp³-hybridized carbons (Fsp3) is 1.00. The molecule has 0 aliphatic carbocycles. The van der Waals surface area contributed by atoms with Gasteiger partial charge in [-0.2, -0.15) is 0 Å². The Morgan fingerprint density at radius 3 is 2.94 bits per heavy atom. The molecule has 0 radical (unpaired) electrons. The lowest BCUT2D eigenvalue weighted by molar-refractivity contribution is -0.714. The normalized spacial score (nSPS) is 21.3. The smallest absolute Gasteiger partial charge is 0.236 e. The van der Waals surface area contributed by atoms with Gasteiger partial charge in [0.05, 0.1) is 18.1 Å². The van der Waals surface area contributed by atoms with E-state index in [4.69, 9.17) is 10.3 Å². The molecule has 1 atom stereocenters. The van der Waals surface area contributed by atoms with Crippen LogP contribution in [0.1, 0.15) is 12.8 Å². The van der Waals surface area contributed by atoms with Crippen LogP contribution in [0.2, 0.25) is 0 Å². The summed E-state index contributed by atoms with van der Waals surface area (Å²) in [5.41, 5.74) is 0. The highest BCUT2D eigenvalue weighted by molar-refractivity contribution is 7.89. The summed E-state index contributed by atoms with van der Waals surface area (Å²) >= 11 is 0. The van der Waals surface area contributed by atoms with E-state index >= 15 is 0 Å². The van der Waals surface area contributed by atoms with Gasteiger partial charge in [0.25, 0.3) is 0 Å². The van der Waals surface area contributed by atoms with E-state index in [-0.39, 0.29) is 24.2 Å². The standard InChI is InChI=1S/C7H16N4O6S/c12-6-7-2-1-3-10(7)11(14)8-17-4-5-18(15,16)9-13/h7,9,12-13H,1-6H2/b11-8-/t7-/m0/s1. The summed E-state index contributed by atoms with van der Waals surface area (Å²) in [7, 11) is -3.81. The number of nitrogens with one attached hydrogen (secondary N) is 1. The van der Waals surface area contributed by atoms with Crippen molar-refractivity contribution in [2.24, 2.45) is 5.28 Å². The maximum atomic E-state index is 11.4. The summed E-state index contributed by atoms with van der Waals surface area (Å²) in [5.74, 6) is -0.524. The highest BCUT2D eigenvalue weighted by atomic mass is 32.2. The molecule has 1 saturated heterocycles. The Bertz CT molecular complexity index is 385. The number of hydrogen-bond donors (Lipinski definition) is 3. The van der Waals surface area contributed by atoms with Crippen LogP contribution in [0.15, 0.2) is 5.28 Å². The molecule has 1 heterocycles. The SMILES string of the molecule is O=S(=O)(CCO/N=[N+](\[O-])N1CCC[C@H]1CO)NO. The predicted molar refractivity (Wildman–Crippen MR) is 57.5 cm³/mol. The average Bonchev–Trinajstić information content (AvgIpc) is 2.82. The molecule has 18 heavy (non-hydrogen) atoms. The number of aliphatic hydroxyl groups excluding tert-OH is 1. The van der Waals surface area contributed by atoms with Gasteiger partial charge in [0.15, 0.2) is 0 Å². The molecular weight excluding hydrogens is 268 g/mol. The van der Waals surface area contributed by atoms with E-state index < -0.39 is 15.8 Å². The average molecular weight is 284 g/mol. The number of hydrogen-bond acceptors (Lipinski definition) is 7. The Balaban J connectivity index is 2.38. The third-order valence-electron chi connectivity index (χ3n) is 2.49. The Labute approximate surface area is 104 Å². The van der Waals surface area contributed by atoms with E-state index in [2.05, 4.69) is 10.1 Å². The van der Waals surface area contributed by atoms with Gasteiger partial charge < -0.3 is 20.4 Å². The van der Waals surface area contributed by atoms with Gasteiger partial charge >= 0.3 is 0 Å². The predicted octanol–water partition coefficient (Wildman–Crippen LogP) is -1.44. The van der Waals surface area contributed by atoms with Gasteiger partial charge in [-0.1, -0.05) is 4.89 Å². The summed E-state index contributed by atoms with van der Waals surface area (Å²) in [5, 5.41) is 33.1. The van der Waals surface area contributed by atoms with Crippen molar-refractivity contribution in [1.82, 2.24) is 9.89 Å². The van der Waals surface area contributed by atoms with Crippen LogP contribution in [0.5, 0.6) is 0 Å². The van der Waals surface area contributed by atoms with E-state index in [0.29, 0.717) is 13.0 Å². The molecule has 0 unspecified atom stereocenters. The first kappa shape index (κ1) is 14.9. The van der Waals surface area contributed by atoms with E-state index in [1.165, 1.54) is 5.01 Å². The molecule has 106 valence electrons. The van der Waals surface area contributed by atoms with Crippen LogP contribution in [0.4, 0.5) is 0 Å². The Morgan fingerprint density at radius 2 is 2.33 bits per heavy atom. The van der Waals surface area contributed by atoms with Crippen molar-refractivity contribution in [2.75, 3.05) is 25.5 Å². The van der Waals surface area contributed by atoms with Gasteiger partial charge in [0, 0.05) is 0 Å². The van der Waals surface area contributed by atoms with Gasteiger partial charge in [0.1, 0.15) is 18.4 Å². The zero-order chi connectivity index (χ0) is 13.6. The van der Waals surface area contributed by atoms with Crippen molar-refractivity contribution in [3.8, 4) is 0 Å². The highest BCUT2D eigenvalue weighted by Gasteiger charge is 2.30. The Kier molecular flexibility index (Phi) is 5.53. The molecule has 1 aliphatic heterocycles. The first-order valence-electron chi connectivity index (χ1n) is 5.31. The molecule has 11 heteroatoms. The fourth-order valence-corrected chi connectivity index (χ4v) is 1.95. The summed E-state index contributed by atoms with van der Waals surface area (Å²) in [4.78, 5) is 5.84. The van der Waals surface area contributed by atoms with Crippen molar-refractivity contribution in [3.05, 3.63) is 5.21 Å². The van der Waals surface area contributed by atoms with Crippen LogP contribution >= 0.6 is 0 Å². The number of rotatable bonds is 7. The fourth-order valence-electron chi connectivity index (χ4n) is 1.56.